The van der Waals surface area contributed by atoms with Crippen LogP contribution in [0.15, 0.2) is 0 Å². The summed E-state index contributed by atoms with van der Waals surface area (Å²) in [6.45, 7) is 2.36. The van der Waals surface area contributed by atoms with Crippen LogP contribution in [0.1, 0.15) is 26.2 Å². The molecule has 1 aliphatic carbocycles. The summed E-state index contributed by atoms with van der Waals surface area (Å²) in [5.41, 5.74) is 0. The van der Waals surface area contributed by atoms with Gasteiger partial charge in [-0.05, 0) is 40.3 Å². The first-order chi connectivity index (χ1) is 6.15. The van der Waals surface area contributed by atoms with E-state index in [1.165, 1.54) is 0 Å². The largest absolute Gasteiger partial charge is 0.466 e. The zero-order valence-electron chi connectivity index (χ0n) is 8.75. The van der Waals surface area contributed by atoms with Crippen molar-refractivity contribution in [1.29, 1.82) is 0 Å². The monoisotopic (exact) mass is 185 g/mol. The Morgan fingerprint density at radius 2 is 2.15 bits per heavy atom. The molecule has 0 aliphatic heterocycles. The fourth-order valence-electron chi connectivity index (χ4n) is 1.90. The SMILES string of the molecule is CCOC(=O)C1CCC(N(C)C)C1. The van der Waals surface area contributed by atoms with E-state index in [9.17, 15) is 4.79 Å². The number of nitrogens with zero attached hydrogens (tertiary/aromatic N) is 1. The maximum atomic E-state index is 11.4. The van der Waals surface area contributed by atoms with Crippen molar-refractivity contribution in [2.75, 3.05) is 20.7 Å². The van der Waals surface area contributed by atoms with E-state index >= 15 is 0 Å². The zero-order valence-corrected chi connectivity index (χ0v) is 8.75. The maximum Gasteiger partial charge on any atom is 0.308 e. The summed E-state index contributed by atoms with van der Waals surface area (Å²) in [7, 11) is 4.14. The minimum absolute atomic E-state index is 0.00755. The lowest BCUT2D eigenvalue weighted by atomic mass is 10.1. The third-order valence-corrected chi connectivity index (χ3v) is 2.76. The van der Waals surface area contributed by atoms with Crippen LogP contribution in [-0.2, 0) is 9.53 Å². The van der Waals surface area contributed by atoms with Gasteiger partial charge in [0, 0.05) is 6.04 Å². The summed E-state index contributed by atoms with van der Waals surface area (Å²) in [4.78, 5) is 13.6. The quantitative estimate of drug-likeness (QED) is 0.620. The van der Waals surface area contributed by atoms with Crippen molar-refractivity contribution < 1.29 is 9.53 Å². The van der Waals surface area contributed by atoms with Crippen LogP contribution >= 0.6 is 0 Å². The Labute approximate surface area is 80.1 Å². The highest BCUT2D eigenvalue weighted by atomic mass is 16.5. The van der Waals surface area contributed by atoms with Crippen LogP contribution in [0.3, 0.4) is 0 Å². The Hall–Kier alpha value is -0.570. The van der Waals surface area contributed by atoms with Gasteiger partial charge in [0.1, 0.15) is 0 Å². The van der Waals surface area contributed by atoms with E-state index in [0.29, 0.717) is 12.6 Å². The molecule has 0 saturated heterocycles. The van der Waals surface area contributed by atoms with Gasteiger partial charge >= 0.3 is 5.97 Å². The second kappa shape index (κ2) is 4.61. The van der Waals surface area contributed by atoms with E-state index in [-0.39, 0.29) is 11.9 Å². The summed E-state index contributed by atoms with van der Waals surface area (Å²) >= 11 is 0. The lowest BCUT2D eigenvalue weighted by Gasteiger charge is -2.18. The van der Waals surface area contributed by atoms with E-state index < -0.39 is 0 Å². The molecule has 76 valence electrons. The second-order valence-electron chi connectivity index (χ2n) is 3.88. The number of esters is 1. The molecule has 3 heteroatoms. The number of carbonyl (C=O) groups excluding carboxylic acids is 1. The highest BCUT2D eigenvalue weighted by Crippen LogP contribution is 2.28. The molecule has 0 amide bonds. The normalized spacial score (nSPS) is 28.0. The van der Waals surface area contributed by atoms with Crippen LogP contribution in [0, 0.1) is 5.92 Å². The number of carbonyl (C=O) groups is 1. The van der Waals surface area contributed by atoms with Crippen molar-refractivity contribution >= 4 is 5.97 Å². The molecule has 0 bridgehead atoms. The zero-order chi connectivity index (χ0) is 9.84. The topological polar surface area (TPSA) is 29.5 Å². The van der Waals surface area contributed by atoms with Crippen molar-refractivity contribution in [2.24, 2.45) is 5.92 Å². The van der Waals surface area contributed by atoms with E-state index in [1.54, 1.807) is 0 Å². The Balaban J connectivity index is 2.36. The van der Waals surface area contributed by atoms with E-state index in [1.807, 2.05) is 6.92 Å². The highest BCUT2D eigenvalue weighted by molar-refractivity contribution is 5.72. The van der Waals surface area contributed by atoms with Gasteiger partial charge in [-0.1, -0.05) is 0 Å². The molecule has 0 aromatic rings. The second-order valence-corrected chi connectivity index (χ2v) is 3.88. The average molecular weight is 185 g/mol. The molecule has 0 N–H and O–H groups in total. The van der Waals surface area contributed by atoms with Crippen molar-refractivity contribution in [3.8, 4) is 0 Å². The predicted molar refractivity (Wildman–Crippen MR) is 51.4 cm³/mol. The van der Waals surface area contributed by atoms with Crippen LogP contribution in [0.5, 0.6) is 0 Å². The summed E-state index contributed by atoms with van der Waals surface area (Å²) in [6.07, 6.45) is 3.07. The van der Waals surface area contributed by atoms with Gasteiger partial charge in [-0.15, -0.1) is 0 Å². The summed E-state index contributed by atoms with van der Waals surface area (Å²) in [5.74, 6) is 0.138. The average Bonchev–Trinajstić information content (AvgIpc) is 2.52. The lowest BCUT2D eigenvalue weighted by Crippen LogP contribution is -2.26. The molecule has 1 fully saturated rings. The molecule has 1 saturated carbocycles. The number of hydrogen-bond acceptors (Lipinski definition) is 3. The number of ether oxygens (including phenoxy) is 1. The van der Waals surface area contributed by atoms with Gasteiger partial charge in [0.25, 0.3) is 0 Å². The van der Waals surface area contributed by atoms with Crippen LogP contribution in [0.25, 0.3) is 0 Å². The standard InChI is InChI=1S/C10H19NO2/c1-4-13-10(12)8-5-6-9(7-8)11(2)3/h8-9H,4-7H2,1-3H3. The Morgan fingerprint density at radius 3 is 2.62 bits per heavy atom. The van der Waals surface area contributed by atoms with Gasteiger partial charge < -0.3 is 9.64 Å². The fraction of sp³-hybridized carbons (Fsp3) is 0.900. The number of hydrogen-bond donors (Lipinski definition) is 0. The summed E-state index contributed by atoms with van der Waals surface area (Å²) in [6, 6.07) is 0.564. The molecule has 0 aromatic carbocycles. The van der Waals surface area contributed by atoms with Gasteiger partial charge in [-0.3, -0.25) is 4.79 Å². The Bertz CT molecular complexity index is 180. The molecule has 0 radical (unpaired) electrons. The van der Waals surface area contributed by atoms with Crippen molar-refractivity contribution in [3.05, 3.63) is 0 Å². The molecule has 13 heavy (non-hydrogen) atoms. The first kappa shape index (κ1) is 10.5. The minimum atomic E-state index is -0.00755. The molecule has 2 atom stereocenters. The fourth-order valence-corrected chi connectivity index (χ4v) is 1.90. The van der Waals surface area contributed by atoms with E-state index in [4.69, 9.17) is 4.74 Å². The summed E-state index contributed by atoms with van der Waals surface area (Å²) in [5, 5.41) is 0. The minimum Gasteiger partial charge on any atom is -0.466 e. The molecule has 1 aliphatic rings. The third-order valence-electron chi connectivity index (χ3n) is 2.76. The van der Waals surface area contributed by atoms with Gasteiger partial charge in [0.2, 0.25) is 0 Å². The number of rotatable bonds is 3. The van der Waals surface area contributed by atoms with Crippen LogP contribution in [-0.4, -0.2) is 37.6 Å². The van der Waals surface area contributed by atoms with Crippen molar-refractivity contribution in [2.45, 2.75) is 32.2 Å². The smallest absolute Gasteiger partial charge is 0.308 e. The Kier molecular flexibility index (Phi) is 3.72. The van der Waals surface area contributed by atoms with Crippen LogP contribution < -0.4 is 0 Å². The van der Waals surface area contributed by atoms with Crippen molar-refractivity contribution in [1.82, 2.24) is 4.90 Å². The highest BCUT2D eigenvalue weighted by Gasteiger charge is 2.31. The molecule has 0 heterocycles. The Morgan fingerprint density at radius 1 is 1.46 bits per heavy atom. The van der Waals surface area contributed by atoms with Gasteiger partial charge in [0.05, 0.1) is 12.5 Å². The van der Waals surface area contributed by atoms with E-state index in [2.05, 4.69) is 19.0 Å². The lowest BCUT2D eigenvalue weighted by molar-refractivity contribution is -0.147. The first-order valence-corrected chi connectivity index (χ1v) is 4.98. The first-order valence-electron chi connectivity index (χ1n) is 4.98. The molecule has 0 aromatic heterocycles. The van der Waals surface area contributed by atoms with Crippen LogP contribution in [0.2, 0.25) is 0 Å². The molecular formula is C10H19NO2. The maximum absolute atomic E-state index is 11.4. The van der Waals surface area contributed by atoms with Crippen molar-refractivity contribution in [3.63, 3.8) is 0 Å². The van der Waals surface area contributed by atoms with Crippen LogP contribution in [0.4, 0.5) is 0 Å². The molecular weight excluding hydrogens is 166 g/mol. The molecule has 3 nitrogen and oxygen atoms in total. The predicted octanol–water partition coefficient (Wildman–Crippen LogP) is 1.28. The van der Waals surface area contributed by atoms with Gasteiger partial charge in [-0.2, -0.15) is 0 Å². The van der Waals surface area contributed by atoms with Gasteiger partial charge in [-0.25, -0.2) is 0 Å². The molecule has 0 spiro atoms. The molecule has 1 rings (SSSR count). The summed E-state index contributed by atoms with van der Waals surface area (Å²) < 4.78 is 5.00. The van der Waals surface area contributed by atoms with Gasteiger partial charge in [0.15, 0.2) is 0 Å². The van der Waals surface area contributed by atoms with E-state index in [0.717, 1.165) is 19.3 Å². The third kappa shape index (κ3) is 2.69. The molecule has 2 unspecified atom stereocenters.